The molecule has 0 saturated carbocycles. The van der Waals surface area contributed by atoms with Gasteiger partial charge in [0.1, 0.15) is 24.1 Å². The van der Waals surface area contributed by atoms with E-state index in [0.717, 1.165) is 5.57 Å². The lowest BCUT2D eigenvalue weighted by atomic mass is 9.68. The lowest BCUT2D eigenvalue weighted by Crippen LogP contribution is -2.48. The van der Waals surface area contributed by atoms with Crippen molar-refractivity contribution in [3.05, 3.63) is 35.1 Å². The highest BCUT2D eigenvalue weighted by Crippen LogP contribution is 2.48. The number of ketones is 2. The molecule has 0 spiro atoms. The predicted octanol–water partition coefficient (Wildman–Crippen LogP) is 1.88. The van der Waals surface area contributed by atoms with E-state index < -0.39 is 23.4 Å². The molecule has 0 aromatic rings. The number of hydrogen-bond acceptors (Lipinski definition) is 5. The molecule has 1 saturated heterocycles. The Kier molecular flexibility index (Phi) is 3.31. The summed E-state index contributed by atoms with van der Waals surface area (Å²) in [6, 6.07) is 0. The Bertz CT molecular complexity index is 667. The summed E-state index contributed by atoms with van der Waals surface area (Å²) in [6.07, 6.45) is 5.96. The molecule has 5 nitrogen and oxygen atoms in total. The van der Waals surface area contributed by atoms with Gasteiger partial charge in [0.05, 0.1) is 0 Å². The minimum atomic E-state index is -1.25. The molecule has 3 unspecified atom stereocenters. The highest BCUT2D eigenvalue weighted by Gasteiger charge is 2.61. The molecule has 3 atom stereocenters. The summed E-state index contributed by atoms with van der Waals surface area (Å²) in [6.45, 7) is 5.04. The molecular weight excluding hydrogens is 284 g/mol. The van der Waals surface area contributed by atoms with Crippen LogP contribution in [0.3, 0.4) is 0 Å². The van der Waals surface area contributed by atoms with Gasteiger partial charge < -0.3 is 9.47 Å². The van der Waals surface area contributed by atoms with Gasteiger partial charge >= 0.3 is 5.97 Å². The van der Waals surface area contributed by atoms with Crippen LogP contribution < -0.4 is 0 Å². The van der Waals surface area contributed by atoms with Crippen molar-refractivity contribution in [3.63, 3.8) is 0 Å². The van der Waals surface area contributed by atoms with E-state index in [1.807, 2.05) is 25.2 Å². The van der Waals surface area contributed by atoms with E-state index in [4.69, 9.17) is 9.47 Å². The lowest BCUT2D eigenvalue weighted by Gasteiger charge is -2.36. The third-order valence-corrected chi connectivity index (χ3v) is 4.70. The van der Waals surface area contributed by atoms with Gasteiger partial charge in [0, 0.05) is 11.5 Å². The van der Waals surface area contributed by atoms with Gasteiger partial charge in [0.15, 0.2) is 5.60 Å². The van der Waals surface area contributed by atoms with E-state index in [0.29, 0.717) is 17.8 Å². The molecule has 3 aliphatic rings. The van der Waals surface area contributed by atoms with Gasteiger partial charge in [-0.05, 0) is 44.9 Å². The predicted molar refractivity (Wildman–Crippen MR) is 77.7 cm³/mol. The van der Waals surface area contributed by atoms with Crippen LogP contribution in [0.5, 0.6) is 0 Å². The van der Waals surface area contributed by atoms with Crippen molar-refractivity contribution in [3.8, 4) is 0 Å². The van der Waals surface area contributed by atoms with Gasteiger partial charge in [-0.25, -0.2) is 0 Å². The monoisotopic (exact) mass is 302 g/mol. The van der Waals surface area contributed by atoms with Gasteiger partial charge in [0.2, 0.25) is 5.78 Å². The summed E-state index contributed by atoms with van der Waals surface area (Å²) in [7, 11) is 0. The largest absolute Gasteiger partial charge is 0.489 e. The van der Waals surface area contributed by atoms with Gasteiger partial charge in [0.25, 0.3) is 0 Å². The SMILES string of the molecule is C/C=C/C1=CC2=C(CO1)C(=O)C1(C)OC(=O)C(C(C)=O)C1C2. The minimum absolute atomic E-state index is 0.176. The van der Waals surface area contributed by atoms with Crippen LogP contribution in [-0.2, 0) is 23.9 Å². The Balaban J connectivity index is 2.05. The Morgan fingerprint density at radius 2 is 2.14 bits per heavy atom. The van der Waals surface area contributed by atoms with Crippen molar-refractivity contribution in [1.82, 2.24) is 0 Å². The molecule has 0 radical (unpaired) electrons. The zero-order valence-electron chi connectivity index (χ0n) is 12.8. The van der Waals surface area contributed by atoms with E-state index in [-0.39, 0.29) is 18.2 Å². The van der Waals surface area contributed by atoms with Crippen LogP contribution in [-0.4, -0.2) is 29.7 Å². The molecule has 1 aliphatic carbocycles. The minimum Gasteiger partial charge on any atom is -0.489 e. The van der Waals surface area contributed by atoms with Crippen LogP contribution in [0.25, 0.3) is 0 Å². The molecule has 2 heterocycles. The number of ether oxygens (including phenoxy) is 2. The first-order chi connectivity index (χ1) is 10.4. The fourth-order valence-corrected chi connectivity index (χ4v) is 3.55. The molecule has 116 valence electrons. The quantitative estimate of drug-likeness (QED) is 0.575. The van der Waals surface area contributed by atoms with Crippen molar-refractivity contribution in [1.29, 1.82) is 0 Å². The van der Waals surface area contributed by atoms with Crippen LogP contribution in [0, 0.1) is 11.8 Å². The van der Waals surface area contributed by atoms with Crippen molar-refractivity contribution in [2.75, 3.05) is 6.61 Å². The first-order valence-electron chi connectivity index (χ1n) is 7.35. The van der Waals surface area contributed by atoms with Crippen molar-refractivity contribution in [2.24, 2.45) is 11.8 Å². The maximum atomic E-state index is 12.8. The number of esters is 1. The number of allylic oxidation sites excluding steroid dienone is 4. The second kappa shape index (κ2) is 4.93. The van der Waals surface area contributed by atoms with Gasteiger partial charge in [-0.2, -0.15) is 0 Å². The summed E-state index contributed by atoms with van der Waals surface area (Å²) in [5.74, 6) is -1.70. The first kappa shape index (κ1) is 14.8. The maximum absolute atomic E-state index is 12.8. The molecule has 2 aliphatic heterocycles. The number of carbonyl (C=O) groups excluding carboxylic acids is 3. The second-order valence-corrected chi connectivity index (χ2v) is 6.10. The average molecular weight is 302 g/mol. The summed E-state index contributed by atoms with van der Waals surface area (Å²) in [4.78, 5) is 36.6. The smallest absolute Gasteiger partial charge is 0.317 e. The third kappa shape index (κ3) is 1.95. The summed E-state index contributed by atoms with van der Waals surface area (Å²) in [5, 5.41) is 0. The summed E-state index contributed by atoms with van der Waals surface area (Å²) in [5.41, 5.74) is 0.141. The van der Waals surface area contributed by atoms with Gasteiger partial charge in [-0.15, -0.1) is 0 Å². The normalized spacial score (nSPS) is 34.0. The van der Waals surface area contributed by atoms with Crippen molar-refractivity contribution >= 4 is 17.5 Å². The molecule has 0 N–H and O–H groups in total. The zero-order valence-corrected chi connectivity index (χ0v) is 12.8. The number of carbonyl (C=O) groups is 3. The molecule has 1 fully saturated rings. The van der Waals surface area contributed by atoms with Crippen LogP contribution in [0.15, 0.2) is 35.1 Å². The van der Waals surface area contributed by atoms with E-state index in [1.54, 1.807) is 6.92 Å². The van der Waals surface area contributed by atoms with Crippen LogP contribution in [0.1, 0.15) is 27.2 Å². The Morgan fingerprint density at radius 1 is 1.41 bits per heavy atom. The molecule has 22 heavy (non-hydrogen) atoms. The van der Waals surface area contributed by atoms with Crippen molar-refractivity contribution < 1.29 is 23.9 Å². The molecular formula is C17H18O5. The fourth-order valence-electron chi connectivity index (χ4n) is 3.55. The van der Waals surface area contributed by atoms with E-state index in [9.17, 15) is 14.4 Å². The van der Waals surface area contributed by atoms with E-state index in [2.05, 4.69) is 0 Å². The molecule has 0 amide bonds. The first-order valence-corrected chi connectivity index (χ1v) is 7.35. The van der Waals surface area contributed by atoms with Gasteiger partial charge in [-0.3, -0.25) is 14.4 Å². The Morgan fingerprint density at radius 3 is 2.77 bits per heavy atom. The van der Waals surface area contributed by atoms with Gasteiger partial charge in [-0.1, -0.05) is 6.08 Å². The molecule has 3 rings (SSSR count). The fraction of sp³-hybridized carbons (Fsp3) is 0.471. The Hall–Kier alpha value is -2.17. The number of rotatable bonds is 2. The number of hydrogen-bond donors (Lipinski definition) is 0. The Labute approximate surface area is 128 Å². The second-order valence-electron chi connectivity index (χ2n) is 6.10. The lowest BCUT2D eigenvalue weighted by molar-refractivity contribution is -0.157. The van der Waals surface area contributed by atoms with Crippen LogP contribution in [0.4, 0.5) is 0 Å². The standard InChI is InChI=1S/C17H18O5/c1-4-5-11-6-10-7-13-14(9(2)18)16(20)22-17(13,3)15(19)12(10)8-21-11/h4-6,13-14H,7-8H2,1-3H3/b5-4+. The summed E-state index contributed by atoms with van der Waals surface area (Å²) < 4.78 is 10.9. The highest BCUT2D eigenvalue weighted by molar-refractivity contribution is 6.10. The third-order valence-electron chi connectivity index (χ3n) is 4.70. The number of fused-ring (bicyclic) bond motifs is 1. The zero-order chi connectivity index (χ0) is 16.1. The van der Waals surface area contributed by atoms with E-state index >= 15 is 0 Å². The molecule has 0 aromatic heterocycles. The van der Waals surface area contributed by atoms with Crippen molar-refractivity contribution in [2.45, 2.75) is 32.8 Å². The molecule has 0 aromatic carbocycles. The molecule has 5 heteroatoms. The highest BCUT2D eigenvalue weighted by atomic mass is 16.6. The number of Topliss-reactive ketones (excluding diaryl/α,β-unsaturated/α-hetero) is 2. The van der Waals surface area contributed by atoms with E-state index in [1.165, 1.54) is 6.92 Å². The maximum Gasteiger partial charge on any atom is 0.317 e. The average Bonchev–Trinajstić information content (AvgIpc) is 2.71. The van der Waals surface area contributed by atoms with Crippen LogP contribution >= 0.6 is 0 Å². The topological polar surface area (TPSA) is 69.7 Å². The summed E-state index contributed by atoms with van der Waals surface area (Å²) >= 11 is 0. The molecule has 0 bridgehead atoms. The van der Waals surface area contributed by atoms with Crippen LogP contribution in [0.2, 0.25) is 0 Å².